The number of carbonyl (C=O) groups is 1. The van der Waals surface area contributed by atoms with Crippen LogP contribution in [0.1, 0.15) is 44.6 Å². The Labute approximate surface area is 171 Å². The minimum Gasteiger partial charge on any atom is -0.423 e. The number of aromatic nitrogens is 2. The van der Waals surface area contributed by atoms with E-state index in [9.17, 15) is 4.79 Å². The number of rotatable bonds is 8. The summed E-state index contributed by atoms with van der Waals surface area (Å²) in [5.74, 6) is 0.687. The van der Waals surface area contributed by atoms with Gasteiger partial charge in [0.05, 0.1) is 24.0 Å². The molecule has 0 saturated heterocycles. The number of esters is 1. The van der Waals surface area contributed by atoms with E-state index in [1.165, 1.54) is 12.4 Å². The first-order valence-electron chi connectivity index (χ1n) is 9.83. The number of hydrogen-bond donors (Lipinski definition) is 0. The van der Waals surface area contributed by atoms with Gasteiger partial charge in [0, 0.05) is 12.0 Å². The quantitative estimate of drug-likeness (QED) is 0.375. The lowest BCUT2D eigenvalue weighted by Crippen LogP contribution is -2.08. The van der Waals surface area contributed by atoms with Crippen molar-refractivity contribution in [1.29, 1.82) is 5.26 Å². The second kappa shape index (κ2) is 10.1. The maximum Gasteiger partial charge on any atom is 0.311 e. The van der Waals surface area contributed by atoms with Crippen LogP contribution in [0.25, 0.3) is 22.5 Å². The van der Waals surface area contributed by atoms with Gasteiger partial charge in [0.2, 0.25) is 0 Å². The minimum absolute atomic E-state index is 0.246. The number of benzene rings is 2. The highest BCUT2D eigenvalue weighted by Crippen LogP contribution is 2.24. The Morgan fingerprint density at radius 1 is 0.897 bits per heavy atom. The van der Waals surface area contributed by atoms with Crippen LogP contribution in [-0.2, 0) is 4.79 Å². The molecule has 0 saturated carbocycles. The second-order valence-electron chi connectivity index (χ2n) is 6.79. The first kappa shape index (κ1) is 20.2. The standard InChI is InChI=1S/C24H23N3O2/c1-2-3-4-5-6-23(28)29-22-16-26-24(27-17-22)21-13-11-20(12-14-21)19-9-7-18(15-25)8-10-19/h7-14,16-17H,2-6H2,1H3. The molecule has 5 nitrogen and oxygen atoms in total. The summed E-state index contributed by atoms with van der Waals surface area (Å²) in [5.41, 5.74) is 3.60. The summed E-state index contributed by atoms with van der Waals surface area (Å²) in [6, 6.07) is 17.4. The Balaban J connectivity index is 1.61. The fraction of sp³-hybridized carbons (Fsp3) is 0.250. The van der Waals surface area contributed by atoms with Crippen LogP contribution < -0.4 is 4.74 Å². The van der Waals surface area contributed by atoms with Crippen molar-refractivity contribution in [3.8, 4) is 34.3 Å². The van der Waals surface area contributed by atoms with E-state index in [0.29, 0.717) is 23.6 Å². The molecule has 2 aromatic carbocycles. The Bertz CT molecular complexity index is 973. The van der Waals surface area contributed by atoms with E-state index < -0.39 is 0 Å². The zero-order valence-corrected chi connectivity index (χ0v) is 16.5. The van der Waals surface area contributed by atoms with E-state index in [1.807, 2.05) is 36.4 Å². The zero-order valence-electron chi connectivity index (χ0n) is 16.5. The van der Waals surface area contributed by atoms with Gasteiger partial charge in [0.1, 0.15) is 0 Å². The average molecular weight is 385 g/mol. The van der Waals surface area contributed by atoms with E-state index in [2.05, 4.69) is 23.0 Å². The molecular formula is C24H23N3O2. The number of carbonyl (C=O) groups excluding carboxylic acids is 1. The van der Waals surface area contributed by atoms with Gasteiger partial charge in [0.15, 0.2) is 11.6 Å². The van der Waals surface area contributed by atoms with Gasteiger partial charge in [-0.15, -0.1) is 0 Å². The summed E-state index contributed by atoms with van der Waals surface area (Å²) in [6.45, 7) is 2.14. The fourth-order valence-electron chi connectivity index (χ4n) is 2.95. The maximum atomic E-state index is 11.8. The largest absolute Gasteiger partial charge is 0.423 e. The number of nitrogens with zero attached hydrogens (tertiary/aromatic N) is 3. The van der Waals surface area contributed by atoms with Crippen molar-refractivity contribution in [1.82, 2.24) is 9.97 Å². The molecule has 0 aliphatic rings. The third-order valence-electron chi connectivity index (χ3n) is 4.58. The SMILES string of the molecule is CCCCCCC(=O)Oc1cnc(-c2ccc(-c3ccc(C#N)cc3)cc2)nc1. The van der Waals surface area contributed by atoms with Gasteiger partial charge < -0.3 is 4.74 Å². The van der Waals surface area contributed by atoms with Gasteiger partial charge in [-0.25, -0.2) is 9.97 Å². The molecule has 3 rings (SSSR count). The average Bonchev–Trinajstić information content (AvgIpc) is 2.77. The molecule has 1 heterocycles. The number of hydrogen-bond acceptors (Lipinski definition) is 5. The number of unbranched alkanes of at least 4 members (excludes halogenated alkanes) is 3. The molecule has 0 amide bonds. The molecule has 5 heteroatoms. The Kier molecular flexibility index (Phi) is 7.07. The monoisotopic (exact) mass is 385 g/mol. The van der Waals surface area contributed by atoms with Crippen molar-refractivity contribution < 1.29 is 9.53 Å². The lowest BCUT2D eigenvalue weighted by Gasteiger charge is -2.06. The summed E-state index contributed by atoms with van der Waals surface area (Å²) < 4.78 is 5.29. The molecule has 0 N–H and O–H groups in total. The summed E-state index contributed by atoms with van der Waals surface area (Å²) >= 11 is 0. The van der Waals surface area contributed by atoms with Crippen molar-refractivity contribution in [3.63, 3.8) is 0 Å². The van der Waals surface area contributed by atoms with Crippen LogP contribution in [0.5, 0.6) is 5.75 Å². The smallest absolute Gasteiger partial charge is 0.311 e. The maximum absolute atomic E-state index is 11.8. The molecule has 0 aliphatic carbocycles. The second-order valence-corrected chi connectivity index (χ2v) is 6.79. The predicted molar refractivity (Wildman–Crippen MR) is 112 cm³/mol. The van der Waals surface area contributed by atoms with Gasteiger partial charge >= 0.3 is 5.97 Å². The van der Waals surface area contributed by atoms with Gasteiger partial charge in [-0.3, -0.25) is 4.79 Å². The highest BCUT2D eigenvalue weighted by atomic mass is 16.5. The predicted octanol–water partition coefficient (Wildman–Crippen LogP) is 5.56. The molecule has 0 spiro atoms. The topological polar surface area (TPSA) is 75.9 Å². The van der Waals surface area contributed by atoms with Crippen LogP contribution in [0, 0.1) is 11.3 Å². The molecule has 0 bridgehead atoms. The Morgan fingerprint density at radius 2 is 1.48 bits per heavy atom. The van der Waals surface area contributed by atoms with Gasteiger partial charge in [-0.05, 0) is 29.7 Å². The summed E-state index contributed by atoms with van der Waals surface area (Å²) in [5, 5.41) is 8.90. The van der Waals surface area contributed by atoms with Crippen molar-refractivity contribution in [2.45, 2.75) is 39.0 Å². The van der Waals surface area contributed by atoms with Gasteiger partial charge in [0.25, 0.3) is 0 Å². The third kappa shape index (κ3) is 5.73. The van der Waals surface area contributed by atoms with Crippen molar-refractivity contribution in [3.05, 3.63) is 66.5 Å². The lowest BCUT2D eigenvalue weighted by molar-refractivity contribution is -0.134. The molecule has 3 aromatic rings. The minimum atomic E-state index is -0.246. The van der Waals surface area contributed by atoms with Gasteiger partial charge in [-0.2, -0.15) is 5.26 Å². The van der Waals surface area contributed by atoms with Crippen LogP contribution in [0.15, 0.2) is 60.9 Å². The molecule has 1 aromatic heterocycles. The molecule has 0 radical (unpaired) electrons. The summed E-state index contributed by atoms with van der Waals surface area (Å²) in [4.78, 5) is 20.5. The molecule has 29 heavy (non-hydrogen) atoms. The van der Waals surface area contributed by atoms with Crippen molar-refractivity contribution in [2.75, 3.05) is 0 Å². The zero-order chi connectivity index (χ0) is 20.5. The van der Waals surface area contributed by atoms with Crippen molar-refractivity contribution >= 4 is 5.97 Å². The highest BCUT2D eigenvalue weighted by Gasteiger charge is 2.07. The molecule has 0 atom stereocenters. The molecule has 0 aliphatic heterocycles. The summed E-state index contributed by atoms with van der Waals surface area (Å²) in [6.07, 6.45) is 7.63. The Morgan fingerprint density at radius 3 is 2.07 bits per heavy atom. The van der Waals surface area contributed by atoms with Crippen LogP contribution >= 0.6 is 0 Å². The van der Waals surface area contributed by atoms with Crippen LogP contribution in [-0.4, -0.2) is 15.9 Å². The first-order valence-corrected chi connectivity index (χ1v) is 9.83. The van der Waals surface area contributed by atoms with Crippen LogP contribution in [0.3, 0.4) is 0 Å². The van der Waals surface area contributed by atoms with E-state index in [1.54, 1.807) is 12.1 Å². The van der Waals surface area contributed by atoms with E-state index in [-0.39, 0.29) is 5.97 Å². The van der Waals surface area contributed by atoms with Gasteiger partial charge in [-0.1, -0.05) is 62.6 Å². The van der Waals surface area contributed by atoms with E-state index in [4.69, 9.17) is 10.00 Å². The first-order chi connectivity index (χ1) is 14.2. The molecular weight excluding hydrogens is 362 g/mol. The van der Waals surface area contributed by atoms with E-state index in [0.717, 1.165) is 42.4 Å². The highest BCUT2D eigenvalue weighted by molar-refractivity contribution is 5.72. The van der Waals surface area contributed by atoms with Crippen LogP contribution in [0.4, 0.5) is 0 Å². The molecule has 0 fully saturated rings. The lowest BCUT2D eigenvalue weighted by atomic mass is 10.0. The summed E-state index contributed by atoms with van der Waals surface area (Å²) in [7, 11) is 0. The third-order valence-corrected chi connectivity index (χ3v) is 4.58. The Hall–Kier alpha value is -3.52. The fourth-order valence-corrected chi connectivity index (χ4v) is 2.95. The molecule has 146 valence electrons. The van der Waals surface area contributed by atoms with E-state index >= 15 is 0 Å². The molecule has 0 unspecified atom stereocenters. The number of nitriles is 1. The van der Waals surface area contributed by atoms with Crippen molar-refractivity contribution in [2.24, 2.45) is 0 Å². The normalized spacial score (nSPS) is 10.3. The number of ether oxygens (including phenoxy) is 1. The van der Waals surface area contributed by atoms with Crippen LogP contribution in [0.2, 0.25) is 0 Å².